The van der Waals surface area contributed by atoms with Crippen LogP contribution in [-0.4, -0.2) is 21.9 Å². The Kier molecular flexibility index (Phi) is 3.99. The number of aryl methyl sites for hydroxylation is 2. The van der Waals surface area contributed by atoms with E-state index in [0.717, 1.165) is 16.8 Å². The summed E-state index contributed by atoms with van der Waals surface area (Å²) in [4.78, 5) is 20.2. The number of nitrogens with one attached hydrogen (secondary N) is 1. The molecule has 0 radical (unpaired) electrons. The van der Waals surface area contributed by atoms with Crippen molar-refractivity contribution in [1.82, 2.24) is 9.97 Å². The van der Waals surface area contributed by atoms with Crippen LogP contribution in [0.15, 0.2) is 24.5 Å². The zero-order valence-corrected chi connectivity index (χ0v) is 12.0. The highest BCUT2D eigenvalue weighted by Crippen LogP contribution is 2.34. The number of benzene rings is 1. The average molecular weight is 288 g/mol. The summed E-state index contributed by atoms with van der Waals surface area (Å²) in [6, 6.07) is 5.88. The van der Waals surface area contributed by atoms with Gasteiger partial charge in [-0.25, -0.2) is 15.8 Å². The Morgan fingerprint density at radius 3 is 2.38 bits per heavy atom. The van der Waals surface area contributed by atoms with Gasteiger partial charge < -0.3 is 10.3 Å². The average Bonchev–Trinajstić information content (AvgIpc) is 2.44. The van der Waals surface area contributed by atoms with E-state index in [2.05, 4.69) is 15.4 Å². The molecule has 1 aromatic heterocycles. The van der Waals surface area contributed by atoms with E-state index in [1.165, 1.54) is 6.33 Å². The molecule has 3 N–H and O–H groups in total. The molecule has 0 spiro atoms. The Morgan fingerprint density at radius 1 is 1.24 bits per heavy atom. The summed E-state index contributed by atoms with van der Waals surface area (Å²) < 4.78 is 0. The Hall–Kier alpha value is -2.74. The molecule has 2 aromatic rings. The number of nitro groups is 1. The largest absolute Gasteiger partial charge is 0.355 e. The smallest absolute Gasteiger partial charge is 0.324 e. The SMILES string of the molecule is Cc1cc(C)cc(N(C)c2ncnc(NN)c2[N+](=O)[O-])c1. The summed E-state index contributed by atoms with van der Waals surface area (Å²) in [7, 11) is 1.71. The Balaban J connectivity index is 2.57. The molecule has 0 amide bonds. The maximum atomic E-state index is 11.3. The third-order valence-corrected chi connectivity index (χ3v) is 3.03. The minimum absolute atomic E-state index is 0.0266. The van der Waals surface area contributed by atoms with Crippen molar-refractivity contribution in [2.45, 2.75) is 13.8 Å². The monoisotopic (exact) mass is 288 g/mol. The van der Waals surface area contributed by atoms with Crippen LogP contribution in [0.25, 0.3) is 0 Å². The molecule has 0 aliphatic heterocycles. The van der Waals surface area contributed by atoms with E-state index in [1.807, 2.05) is 32.0 Å². The van der Waals surface area contributed by atoms with Gasteiger partial charge in [0, 0.05) is 12.7 Å². The van der Waals surface area contributed by atoms with E-state index in [9.17, 15) is 10.1 Å². The number of aromatic nitrogens is 2. The first-order valence-electron chi connectivity index (χ1n) is 6.22. The second-order valence-electron chi connectivity index (χ2n) is 4.70. The Morgan fingerprint density at radius 2 is 1.86 bits per heavy atom. The van der Waals surface area contributed by atoms with Crippen molar-refractivity contribution in [2.24, 2.45) is 5.84 Å². The fourth-order valence-electron chi connectivity index (χ4n) is 2.16. The number of anilines is 3. The highest BCUT2D eigenvalue weighted by Gasteiger charge is 2.25. The number of hydrogen-bond donors (Lipinski definition) is 2. The molecular formula is C13H16N6O2. The van der Waals surface area contributed by atoms with Gasteiger partial charge in [-0.1, -0.05) is 6.07 Å². The number of hydrogen-bond acceptors (Lipinski definition) is 7. The van der Waals surface area contributed by atoms with E-state index in [0.29, 0.717) is 0 Å². The molecule has 110 valence electrons. The molecule has 21 heavy (non-hydrogen) atoms. The van der Waals surface area contributed by atoms with Gasteiger partial charge in [-0.05, 0) is 37.1 Å². The van der Waals surface area contributed by atoms with E-state index >= 15 is 0 Å². The third kappa shape index (κ3) is 2.90. The summed E-state index contributed by atoms with van der Waals surface area (Å²) in [5.41, 5.74) is 4.89. The van der Waals surface area contributed by atoms with Crippen LogP contribution in [0.4, 0.5) is 23.0 Å². The van der Waals surface area contributed by atoms with E-state index < -0.39 is 4.92 Å². The zero-order valence-electron chi connectivity index (χ0n) is 12.0. The molecule has 1 aromatic carbocycles. The van der Waals surface area contributed by atoms with Crippen molar-refractivity contribution in [1.29, 1.82) is 0 Å². The van der Waals surface area contributed by atoms with Crippen LogP contribution in [0.1, 0.15) is 11.1 Å². The van der Waals surface area contributed by atoms with Crippen molar-refractivity contribution in [3.63, 3.8) is 0 Å². The topological polar surface area (TPSA) is 110 Å². The summed E-state index contributed by atoms with van der Waals surface area (Å²) in [6.45, 7) is 3.93. The van der Waals surface area contributed by atoms with Gasteiger partial charge in [-0.15, -0.1) is 0 Å². The van der Waals surface area contributed by atoms with Gasteiger partial charge in [0.05, 0.1) is 4.92 Å². The lowest BCUT2D eigenvalue weighted by molar-refractivity contribution is -0.383. The molecule has 0 bridgehead atoms. The van der Waals surface area contributed by atoms with E-state index in [4.69, 9.17) is 5.84 Å². The minimum Gasteiger partial charge on any atom is -0.324 e. The van der Waals surface area contributed by atoms with Crippen LogP contribution in [0.3, 0.4) is 0 Å². The van der Waals surface area contributed by atoms with Gasteiger partial charge in [-0.2, -0.15) is 0 Å². The predicted octanol–water partition coefficient (Wildman–Crippen LogP) is 2.06. The molecule has 0 saturated carbocycles. The fourth-order valence-corrected chi connectivity index (χ4v) is 2.16. The van der Waals surface area contributed by atoms with Gasteiger partial charge in [-0.3, -0.25) is 10.1 Å². The second-order valence-corrected chi connectivity index (χ2v) is 4.70. The van der Waals surface area contributed by atoms with Crippen LogP contribution in [0.5, 0.6) is 0 Å². The number of nitrogens with zero attached hydrogens (tertiary/aromatic N) is 4. The normalized spacial score (nSPS) is 10.3. The number of hydrazine groups is 1. The molecule has 8 nitrogen and oxygen atoms in total. The van der Waals surface area contributed by atoms with Crippen LogP contribution >= 0.6 is 0 Å². The van der Waals surface area contributed by atoms with Gasteiger partial charge >= 0.3 is 5.69 Å². The van der Waals surface area contributed by atoms with Gasteiger partial charge in [0.15, 0.2) is 0 Å². The first-order chi connectivity index (χ1) is 9.93. The first-order valence-corrected chi connectivity index (χ1v) is 6.22. The summed E-state index contributed by atoms with van der Waals surface area (Å²) >= 11 is 0. The Bertz CT molecular complexity index is 668. The second kappa shape index (κ2) is 5.71. The fraction of sp³-hybridized carbons (Fsp3) is 0.231. The van der Waals surface area contributed by atoms with Crippen molar-refractivity contribution in [3.8, 4) is 0 Å². The van der Waals surface area contributed by atoms with Crippen LogP contribution < -0.4 is 16.2 Å². The van der Waals surface area contributed by atoms with Crippen LogP contribution in [0, 0.1) is 24.0 Å². The van der Waals surface area contributed by atoms with Crippen molar-refractivity contribution >= 4 is 23.0 Å². The standard InChI is InChI=1S/C13H16N6O2/c1-8-4-9(2)6-10(5-8)18(3)13-11(19(20)21)12(17-14)15-7-16-13/h4-7H,14H2,1-3H3,(H,15,16,17). The quantitative estimate of drug-likeness (QED) is 0.503. The maximum Gasteiger partial charge on any atom is 0.355 e. The van der Waals surface area contributed by atoms with Crippen LogP contribution in [-0.2, 0) is 0 Å². The molecule has 0 saturated heterocycles. The molecule has 1 heterocycles. The highest BCUT2D eigenvalue weighted by atomic mass is 16.6. The van der Waals surface area contributed by atoms with Gasteiger partial charge in [0.2, 0.25) is 11.6 Å². The van der Waals surface area contributed by atoms with Crippen molar-refractivity contribution in [3.05, 3.63) is 45.8 Å². The Labute approximate surface area is 121 Å². The van der Waals surface area contributed by atoms with Gasteiger partial charge in [0.1, 0.15) is 6.33 Å². The molecule has 2 rings (SSSR count). The summed E-state index contributed by atoms with van der Waals surface area (Å²) in [5.74, 6) is 5.43. The maximum absolute atomic E-state index is 11.3. The molecule has 0 fully saturated rings. The number of nitrogen functional groups attached to an aromatic ring is 1. The summed E-state index contributed by atoms with van der Waals surface area (Å²) in [6.07, 6.45) is 1.23. The van der Waals surface area contributed by atoms with E-state index in [1.54, 1.807) is 11.9 Å². The predicted molar refractivity (Wildman–Crippen MR) is 80.5 cm³/mol. The number of nitrogens with two attached hydrogens (primary N) is 1. The van der Waals surface area contributed by atoms with Crippen molar-refractivity contribution in [2.75, 3.05) is 17.4 Å². The molecule has 0 aliphatic rings. The minimum atomic E-state index is -0.552. The lowest BCUT2D eigenvalue weighted by Gasteiger charge is -2.19. The van der Waals surface area contributed by atoms with Gasteiger partial charge in [0.25, 0.3) is 0 Å². The lowest BCUT2D eigenvalue weighted by atomic mass is 10.1. The molecule has 0 aliphatic carbocycles. The molecular weight excluding hydrogens is 272 g/mol. The highest BCUT2D eigenvalue weighted by molar-refractivity contribution is 5.75. The molecule has 0 unspecified atom stereocenters. The zero-order chi connectivity index (χ0) is 15.6. The van der Waals surface area contributed by atoms with Crippen LogP contribution in [0.2, 0.25) is 0 Å². The third-order valence-electron chi connectivity index (χ3n) is 3.03. The first kappa shape index (κ1) is 14.7. The summed E-state index contributed by atoms with van der Waals surface area (Å²) in [5, 5.41) is 11.3. The molecule has 0 atom stereocenters. The van der Waals surface area contributed by atoms with E-state index in [-0.39, 0.29) is 17.3 Å². The number of rotatable bonds is 4. The van der Waals surface area contributed by atoms with Crippen molar-refractivity contribution < 1.29 is 4.92 Å². The lowest BCUT2D eigenvalue weighted by Crippen LogP contribution is -2.17. The molecule has 8 heteroatoms.